The van der Waals surface area contributed by atoms with E-state index in [1.807, 2.05) is 30.3 Å². The fourth-order valence-corrected chi connectivity index (χ4v) is 3.45. The summed E-state index contributed by atoms with van der Waals surface area (Å²) in [5.74, 6) is 1.54. The molecule has 0 atom stereocenters. The molecular formula is C23H16N2O5. The number of nitrogens with zero attached hydrogens (tertiary/aromatic N) is 2. The highest BCUT2D eigenvalue weighted by molar-refractivity contribution is 6.06. The zero-order chi connectivity index (χ0) is 20.7. The molecule has 7 heteroatoms. The maximum absolute atomic E-state index is 12.6. The van der Waals surface area contributed by atoms with Crippen molar-refractivity contribution >= 4 is 21.7 Å². The van der Waals surface area contributed by atoms with Crippen molar-refractivity contribution in [1.29, 1.82) is 0 Å². The van der Waals surface area contributed by atoms with Gasteiger partial charge >= 0.3 is 5.63 Å². The van der Waals surface area contributed by atoms with Crippen LogP contribution < -0.4 is 15.1 Å². The van der Waals surface area contributed by atoms with Gasteiger partial charge in [-0.25, -0.2) is 4.79 Å². The van der Waals surface area contributed by atoms with E-state index in [0.29, 0.717) is 28.5 Å². The Kier molecular flexibility index (Phi) is 4.21. The van der Waals surface area contributed by atoms with Crippen LogP contribution in [0, 0.1) is 0 Å². The van der Waals surface area contributed by atoms with Crippen LogP contribution in [0.1, 0.15) is 0 Å². The molecule has 0 radical (unpaired) electrons. The number of hydrogen-bond acceptors (Lipinski definition) is 7. The van der Waals surface area contributed by atoms with E-state index in [1.54, 1.807) is 44.6 Å². The highest BCUT2D eigenvalue weighted by Crippen LogP contribution is 2.33. The number of rotatable bonds is 4. The Morgan fingerprint density at radius 1 is 0.867 bits per heavy atom. The minimum atomic E-state index is -0.547. The van der Waals surface area contributed by atoms with Gasteiger partial charge < -0.3 is 18.4 Å². The molecule has 0 amide bonds. The first-order valence-corrected chi connectivity index (χ1v) is 9.20. The molecular weight excluding hydrogens is 384 g/mol. The lowest BCUT2D eigenvalue weighted by molar-refractivity contribution is 0.394. The molecule has 5 aromatic rings. The molecule has 148 valence electrons. The van der Waals surface area contributed by atoms with Gasteiger partial charge in [0.15, 0.2) is 0 Å². The third-order valence-corrected chi connectivity index (χ3v) is 4.95. The Morgan fingerprint density at radius 2 is 1.73 bits per heavy atom. The predicted molar refractivity (Wildman–Crippen MR) is 112 cm³/mol. The molecule has 0 aliphatic rings. The van der Waals surface area contributed by atoms with Gasteiger partial charge in [0, 0.05) is 11.5 Å². The van der Waals surface area contributed by atoms with Gasteiger partial charge in [-0.15, -0.1) is 0 Å². The van der Waals surface area contributed by atoms with Crippen LogP contribution in [0.4, 0.5) is 0 Å². The number of methoxy groups -OCH3 is 2. The molecule has 7 nitrogen and oxygen atoms in total. The number of fused-ring (bicyclic) bond motifs is 3. The minimum Gasteiger partial charge on any atom is -0.497 e. The quantitative estimate of drug-likeness (QED) is 0.320. The highest BCUT2D eigenvalue weighted by Gasteiger charge is 2.19. The largest absolute Gasteiger partial charge is 0.497 e. The molecule has 0 saturated carbocycles. The summed E-state index contributed by atoms with van der Waals surface area (Å²) in [6, 6.07) is 18.6. The van der Waals surface area contributed by atoms with Crippen molar-refractivity contribution in [1.82, 2.24) is 10.1 Å². The smallest absolute Gasteiger partial charge is 0.349 e. The first-order valence-electron chi connectivity index (χ1n) is 9.20. The van der Waals surface area contributed by atoms with Crippen LogP contribution in [0.3, 0.4) is 0 Å². The highest BCUT2D eigenvalue weighted by atomic mass is 16.5. The Balaban J connectivity index is 1.65. The van der Waals surface area contributed by atoms with E-state index in [0.717, 1.165) is 16.2 Å². The molecule has 0 bridgehead atoms. The van der Waals surface area contributed by atoms with Gasteiger partial charge in [-0.1, -0.05) is 35.5 Å². The van der Waals surface area contributed by atoms with E-state index in [2.05, 4.69) is 10.1 Å². The third-order valence-electron chi connectivity index (χ3n) is 4.95. The number of aromatic nitrogens is 2. The van der Waals surface area contributed by atoms with Gasteiger partial charge in [0.05, 0.1) is 19.8 Å². The van der Waals surface area contributed by atoms with E-state index < -0.39 is 5.63 Å². The third kappa shape index (κ3) is 2.88. The average molecular weight is 400 g/mol. The number of benzene rings is 3. The van der Waals surface area contributed by atoms with E-state index >= 15 is 0 Å². The lowest BCUT2D eigenvalue weighted by Gasteiger charge is -2.07. The summed E-state index contributed by atoms with van der Waals surface area (Å²) in [5, 5.41) is 6.83. The molecule has 0 unspecified atom stereocenters. The Hall–Kier alpha value is -4.13. The Morgan fingerprint density at radius 3 is 2.57 bits per heavy atom. The van der Waals surface area contributed by atoms with Crippen LogP contribution >= 0.6 is 0 Å². The van der Waals surface area contributed by atoms with Gasteiger partial charge in [-0.2, -0.15) is 4.98 Å². The van der Waals surface area contributed by atoms with E-state index in [-0.39, 0.29) is 11.5 Å². The molecule has 0 fully saturated rings. The van der Waals surface area contributed by atoms with Crippen molar-refractivity contribution in [3.05, 3.63) is 71.1 Å². The second-order valence-corrected chi connectivity index (χ2v) is 6.64. The van der Waals surface area contributed by atoms with Crippen LogP contribution in [0.15, 0.2) is 74.4 Å². The van der Waals surface area contributed by atoms with E-state index in [9.17, 15) is 4.79 Å². The van der Waals surface area contributed by atoms with Crippen molar-refractivity contribution in [3.63, 3.8) is 0 Å². The summed E-state index contributed by atoms with van der Waals surface area (Å²) in [6.07, 6.45) is 0. The molecule has 0 aliphatic heterocycles. The molecule has 2 heterocycles. The van der Waals surface area contributed by atoms with Gasteiger partial charge in [0.25, 0.3) is 5.89 Å². The van der Waals surface area contributed by atoms with Crippen molar-refractivity contribution in [2.24, 2.45) is 0 Å². The second-order valence-electron chi connectivity index (χ2n) is 6.64. The zero-order valence-corrected chi connectivity index (χ0v) is 16.2. The fourth-order valence-electron chi connectivity index (χ4n) is 3.45. The Labute approximate surface area is 170 Å². The molecule has 30 heavy (non-hydrogen) atoms. The molecule has 0 spiro atoms. The SMILES string of the molecule is COc1ccc(-c2noc(-c3cc4c(ccc5ccccc54)oc3=O)n2)c(OC)c1. The first-order chi connectivity index (χ1) is 14.7. The average Bonchev–Trinajstić information content (AvgIpc) is 3.27. The lowest BCUT2D eigenvalue weighted by atomic mass is 10.0. The molecule has 0 aliphatic carbocycles. The molecule has 5 rings (SSSR count). The van der Waals surface area contributed by atoms with Gasteiger partial charge in [0.2, 0.25) is 5.82 Å². The molecule has 2 aromatic heterocycles. The maximum atomic E-state index is 12.6. The monoisotopic (exact) mass is 400 g/mol. The summed E-state index contributed by atoms with van der Waals surface area (Å²) in [5.41, 5.74) is 0.766. The maximum Gasteiger partial charge on any atom is 0.349 e. The van der Waals surface area contributed by atoms with E-state index in [4.69, 9.17) is 18.4 Å². The van der Waals surface area contributed by atoms with Crippen LogP contribution in [-0.2, 0) is 0 Å². The number of ether oxygens (including phenoxy) is 2. The van der Waals surface area contributed by atoms with Crippen LogP contribution in [0.25, 0.3) is 44.6 Å². The van der Waals surface area contributed by atoms with Crippen molar-refractivity contribution in [2.75, 3.05) is 14.2 Å². The normalized spacial score (nSPS) is 11.1. The zero-order valence-electron chi connectivity index (χ0n) is 16.2. The predicted octanol–water partition coefficient (Wildman–Crippen LogP) is 4.68. The minimum absolute atomic E-state index is 0.0754. The van der Waals surface area contributed by atoms with Crippen LogP contribution in [0.2, 0.25) is 0 Å². The lowest BCUT2D eigenvalue weighted by Crippen LogP contribution is -2.03. The standard InChI is InChI=1S/C23H16N2O5/c1-27-14-8-9-16(20(11-14)28-2)21-24-22(30-25-21)18-12-17-15-6-4-3-5-13(15)7-10-19(17)29-23(18)26/h3-12H,1-2H3. The Bertz CT molecular complexity index is 1450. The van der Waals surface area contributed by atoms with Gasteiger partial charge in [-0.3, -0.25) is 0 Å². The molecule has 3 aromatic carbocycles. The van der Waals surface area contributed by atoms with Crippen molar-refractivity contribution in [3.8, 4) is 34.3 Å². The topological polar surface area (TPSA) is 87.6 Å². The first kappa shape index (κ1) is 17.9. The summed E-state index contributed by atoms with van der Waals surface area (Å²) in [4.78, 5) is 17.0. The van der Waals surface area contributed by atoms with Gasteiger partial charge in [0.1, 0.15) is 22.6 Å². The molecule has 0 N–H and O–H groups in total. The number of hydrogen-bond donors (Lipinski definition) is 0. The van der Waals surface area contributed by atoms with Crippen molar-refractivity contribution in [2.45, 2.75) is 0 Å². The van der Waals surface area contributed by atoms with Gasteiger partial charge in [-0.05, 0) is 35.0 Å². The fraction of sp³-hybridized carbons (Fsp3) is 0.0870. The summed E-state index contributed by atoms with van der Waals surface area (Å²) in [7, 11) is 3.12. The van der Waals surface area contributed by atoms with Crippen LogP contribution in [-0.4, -0.2) is 24.4 Å². The second kappa shape index (κ2) is 7.04. The summed E-state index contributed by atoms with van der Waals surface area (Å²) in [6.45, 7) is 0. The van der Waals surface area contributed by atoms with Crippen LogP contribution in [0.5, 0.6) is 11.5 Å². The summed E-state index contributed by atoms with van der Waals surface area (Å²) < 4.78 is 21.5. The summed E-state index contributed by atoms with van der Waals surface area (Å²) >= 11 is 0. The molecule has 0 saturated heterocycles. The van der Waals surface area contributed by atoms with Crippen molar-refractivity contribution < 1.29 is 18.4 Å². The van der Waals surface area contributed by atoms with E-state index in [1.165, 1.54) is 0 Å².